The molecule has 0 unspecified atom stereocenters. The van der Waals surface area contributed by atoms with Crippen LogP contribution in [0.25, 0.3) is 0 Å². The summed E-state index contributed by atoms with van der Waals surface area (Å²) in [5.41, 5.74) is 1.09. The Morgan fingerprint density at radius 3 is 2.85 bits per heavy atom. The van der Waals surface area contributed by atoms with Crippen LogP contribution in [0.2, 0.25) is 0 Å². The van der Waals surface area contributed by atoms with Crippen LogP contribution < -0.4 is 0 Å². The van der Waals surface area contributed by atoms with Crippen molar-refractivity contribution < 1.29 is 14.6 Å². The maximum absolute atomic E-state index is 10.6. The second-order valence-electron chi connectivity index (χ2n) is 2.47. The highest BCUT2D eigenvalue weighted by Crippen LogP contribution is 2.09. The number of hydrogen-bond acceptors (Lipinski definition) is 2. The van der Waals surface area contributed by atoms with E-state index in [4.69, 9.17) is 9.84 Å². The van der Waals surface area contributed by atoms with Crippen LogP contribution in [-0.2, 0) is 9.53 Å². The Hall–Kier alpha value is -1.77. The van der Waals surface area contributed by atoms with Crippen LogP contribution in [0, 0.1) is 0 Å². The molecule has 0 aromatic carbocycles. The van der Waals surface area contributed by atoms with Crippen LogP contribution in [0.1, 0.15) is 0 Å². The van der Waals surface area contributed by atoms with Crippen LogP contribution in [0.4, 0.5) is 0 Å². The molecule has 0 spiro atoms. The van der Waals surface area contributed by atoms with Gasteiger partial charge in [0.05, 0.1) is 18.9 Å². The minimum Gasteiger partial charge on any atom is -0.504 e. The van der Waals surface area contributed by atoms with E-state index in [9.17, 15) is 4.79 Å². The second-order valence-corrected chi connectivity index (χ2v) is 2.47. The number of carboxylic acid groups (broad SMARTS) is 1. The Balaban J connectivity index is 2.86. The molecule has 0 atom stereocenters. The van der Waals surface area contributed by atoms with Crippen molar-refractivity contribution in [1.29, 1.82) is 0 Å². The van der Waals surface area contributed by atoms with E-state index in [1.165, 1.54) is 12.2 Å². The lowest BCUT2D eigenvalue weighted by molar-refractivity contribution is -0.132. The van der Waals surface area contributed by atoms with Crippen LogP contribution in [-0.4, -0.2) is 18.2 Å². The second kappa shape index (κ2) is 4.30. The number of rotatable bonds is 2. The fourth-order valence-corrected chi connectivity index (χ4v) is 0.917. The largest absolute Gasteiger partial charge is 0.504 e. The van der Waals surface area contributed by atoms with Gasteiger partial charge in [0.15, 0.2) is 0 Å². The molecular formula is C10H10O3. The van der Waals surface area contributed by atoms with Gasteiger partial charge in [-0.25, -0.2) is 4.79 Å². The van der Waals surface area contributed by atoms with Crippen LogP contribution >= 0.6 is 0 Å². The summed E-state index contributed by atoms with van der Waals surface area (Å²) < 4.78 is 4.80. The van der Waals surface area contributed by atoms with Crippen LogP contribution in [0.15, 0.2) is 47.8 Å². The van der Waals surface area contributed by atoms with Gasteiger partial charge in [-0.15, -0.1) is 0 Å². The fourth-order valence-electron chi connectivity index (χ4n) is 0.917. The minimum atomic E-state index is -0.931. The third-order valence-corrected chi connectivity index (χ3v) is 1.52. The maximum atomic E-state index is 10.6. The third kappa shape index (κ3) is 2.63. The van der Waals surface area contributed by atoms with Gasteiger partial charge in [0, 0.05) is 5.57 Å². The summed E-state index contributed by atoms with van der Waals surface area (Å²) in [6.45, 7) is 0. The van der Waals surface area contributed by atoms with Crippen molar-refractivity contribution in [3.63, 3.8) is 0 Å². The number of aliphatic carboxylic acids is 1. The standard InChI is InChI=1S/C10H10O3/c1-13-7-8-3-2-4-9(6-5-8)10(11)12/h2-7H,1H3,(H,11,12)/b8-7+. The minimum absolute atomic E-state index is 0.260. The zero-order chi connectivity index (χ0) is 9.68. The van der Waals surface area contributed by atoms with Gasteiger partial charge in [-0.05, 0) is 12.2 Å². The van der Waals surface area contributed by atoms with Gasteiger partial charge in [-0.2, -0.15) is 0 Å². The molecule has 1 aliphatic rings. The Morgan fingerprint density at radius 1 is 1.46 bits per heavy atom. The molecule has 0 aliphatic heterocycles. The number of allylic oxidation sites excluding steroid dienone is 5. The van der Waals surface area contributed by atoms with Crippen molar-refractivity contribution >= 4 is 5.97 Å². The Kier molecular flexibility index (Phi) is 3.09. The third-order valence-electron chi connectivity index (χ3n) is 1.52. The fraction of sp³-hybridized carbons (Fsp3) is 0.100. The summed E-state index contributed by atoms with van der Waals surface area (Å²) in [6, 6.07) is 0. The molecular weight excluding hydrogens is 168 g/mol. The first-order chi connectivity index (χ1) is 6.24. The highest BCUT2D eigenvalue weighted by atomic mass is 16.5. The lowest BCUT2D eigenvalue weighted by atomic mass is 10.2. The summed E-state index contributed by atoms with van der Waals surface area (Å²) in [5, 5.41) is 8.68. The average Bonchev–Trinajstić information content (AvgIpc) is 2.30. The van der Waals surface area contributed by atoms with Gasteiger partial charge in [0.1, 0.15) is 0 Å². The highest BCUT2D eigenvalue weighted by molar-refractivity contribution is 5.90. The van der Waals surface area contributed by atoms with E-state index in [0.717, 1.165) is 5.57 Å². The lowest BCUT2D eigenvalue weighted by Gasteiger charge is -1.91. The monoisotopic (exact) mass is 178 g/mol. The Bertz CT molecular complexity index is 319. The molecule has 3 heteroatoms. The number of hydrogen-bond donors (Lipinski definition) is 1. The summed E-state index contributed by atoms with van der Waals surface area (Å²) in [4.78, 5) is 10.6. The molecule has 0 bridgehead atoms. The molecule has 0 heterocycles. The van der Waals surface area contributed by atoms with E-state index in [1.807, 2.05) is 0 Å². The number of carboxylic acids is 1. The van der Waals surface area contributed by atoms with Crippen molar-refractivity contribution in [1.82, 2.24) is 0 Å². The van der Waals surface area contributed by atoms with Gasteiger partial charge in [-0.3, -0.25) is 0 Å². The van der Waals surface area contributed by atoms with Crippen molar-refractivity contribution in [3.8, 4) is 0 Å². The SMILES string of the molecule is CO/C=C1\C=CC=C(C(=O)O)C=C1. The van der Waals surface area contributed by atoms with Crippen molar-refractivity contribution in [2.45, 2.75) is 0 Å². The number of carbonyl (C=O) groups is 1. The van der Waals surface area contributed by atoms with Gasteiger partial charge >= 0.3 is 5.97 Å². The molecule has 0 radical (unpaired) electrons. The molecule has 0 aromatic rings. The summed E-state index contributed by atoms with van der Waals surface area (Å²) >= 11 is 0. The van der Waals surface area contributed by atoms with Crippen LogP contribution in [0.5, 0.6) is 0 Å². The van der Waals surface area contributed by atoms with Crippen LogP contribution in [0.3, 0.4) is 0 Å². The zero-order valence-electron chi connectivity index (χ0n) is 7.23. The van der Waals surface area contributed by atoms with E-state index in [-0.39, 0.29) is 5.57 Å². The lowest BCUT2D eigenvalue weighted by Crippen LogP contribution is -1.96. The normalized spacial score (nSPS) is 18.2. The molecule has 0 amide bonds. The molecule has 1 aliphatic carbocycles. The quantitative estimate of drug-likeness (QED) is 0.654. The van der Waals surface area contributed by atoms with E-state index in [1.54, 1.807) is 31.6 Å². The van der Waals surface area contributed by atoms with Crippen molar-refractivity contribution in [2.75, 3.05) is 7.11 Å². The predicted octanol–water partition coefficient (Wildman–Crippen LogP) is 1.65. The first-order valence-corrected chi connectivity index (χ1v) is 3.77. The van der Waals surface area contributed by atoms with E-state index < -0.39 is 5.97 Å². The zero-order valence-corrected chi connectivity index (χ0v) is 7.23. The van der Waals surface area contributed by atoms with E-state index in [2.05, 4.69) is 0 Å². The molecule has 3 nitrogen and oxygen atoms in total. The van der Waals surface area contributed by atoms with Gasteiger partial charge in [0.2, 0.25) is 0 Å². The topological polar surface area (TPSA) is 46.5 Å². The van der Waals surface area contributed by atoms with E-state index in [0.29, 0.717) is 0 Å². The van der Waals surface area contributed by atoms with Gasteiger partial charge in [-0.1, -0.05) is 18.2 Å². The smallest absolute Gasteiger partial charge is 0.335 e. The molecule has 0 fully saturated rings. The average molecular weight is 178 g/mol. The van der Waals surface area contributed by atoms with E-state index >= 15 is 0 Å². The number of ether oxygens (including phenoxy) is 1. The molecule has 1 N–H and O–H groups in total. The van der Waals surface area contributed by atoms with Gasteiger partial charge < -0.3 is 9.84 Å². The first-order valence-electron chi connectivity index (χ1n) is 3.77. The summed E-state index contributed by atoms with van der Waals surface area (Å²) in [7, 11) is 1.55. The molecule has 0 aromatic heterocycles. The molecule has 0 saturated heterocycles. The maximum Gasteiger partial charge on any atom is 0.335 e. The van der Waals surface area contributed by atoms with Gasteiger partial charge in [0.25, 0.3) is 0 Å². The summed E-state index contributed by atoms with van der Waals surface area (Å²) in [5.74, 6) is -0.931. The van der Waals surface area contributed by atoms with Crippen molar-refractivity contribution in [2.24, 2.45) is 0 Å². The summed E-state index contributed by atoms with van der Waals surface area (Å²) in [6.07, 6.45) is 9.76. The Labute approximate surface area is 76.3 Å². The highest BCUT2D eigenvalue weighted by Gasteiger charge is 2.02. The predicted molar refractivity (Wildman–Crippen MR) is 49.1 cm³/mol. The molecule has 1 rings (SSSR count). The number of methoxy groups -OCH3 is 1. The Morgan fingerprint density at radius 2 is 2.23 bits per heavy atom. The molecule has 68 valence electrons. The molecule has 13 heavy (non-hydrogen) atoms. The molecule has 0 saturated carbocycles. The first kappa shape index (κ1) is 9.32. The van der Waals surface area contributed by atoms with Crippen molar-refractivity contribution in [3.05, 3.63) is 47.8 Å².